The molecule has 1 aromatic carbocycles. The molecular weight excluding hydrogens is 455 g/mol. The van der Waals surface area contributed by atoms with Crippen molar-refractivity contribution in [3.8, 4) is 5.75 Å². The molecule has 0 radical (unpaired) electrons. The Bertz CT molecular complexity index is 563. The van der Waals surface area contributed by atoms with Crippen molar-refractivity contribution in [2.75, 3.05) is 39.8 Å². The van der Waals surface area contributed by atoms with Crippen LogP contribution in [0.1, 0.15) is 39.2 Å². The van der Waals surface area contributed by atoms with Crippen LogP contribution in [0.4, 0.5) is 0 Å². The first-order valence-electron chi connectivity index (χ1n) is 9.57. The number of benzene rings is 1. The molecule has 0 saturated heterocycles. The van der Waals surface area contributed by atoms with Crippen molar-refractivity contribution in [2.24, 2.45) is 4.99 Å². The van der Waals surface area contributed by atoms with Crippen LogP contribution in [0.3, 0.4) is 0 Å². The number of rotatable bonds is 11. The maximum Gasteiger partial charge on any atom is 0.224 e. The highest BCUT2D eigenvalue weighted by Crippen LogP contribution is 2.13. The smallest absolute Gasteiger partial charge is 0.224 e. The molecule has 0 saturated carbocycles. The minimum absolute atomic E-state index is 0. The van der Waals surface area contributed by atoms with Crippen LogP contribution in [0.25, 0.3) is 0 Å². The average Bonchev–Trinajstić information content (AvgIpc) is 2.66. The lowest BCUT2D eigenvalue weighted by Crippen LogP contribution is -2.40. The Balaban J connectivity index is 0.00000676. The number of aryl methyl sites for hydroxylation is 1. The number of aliphatic imine (C=N–C) groups is 1. The van der Waals surface area contributed by atoms with Gasteiger partial charge < -0.3 is 20.3 Å². The quantitative estimate of drug-likeness (QED) is 0.217. The summed E-state index contributed by atoms with van der Waals surface area (Å²) >= 11 is 0. The highest BCUT2D eigenvalue weighted by atomic mass is 127. The van der Waals surface area contributed by atoms with E-state index in [0.29, 0.717) is 13.0 Å². The minimum Gasteiger partial charge on any atom is -0.497 e. The van der Waals surface area contributed by atoms with E-state index in [1.54, 1.807) is 7.11 Å². The van der Waals surface area contributed by atoms with Crippen molar-refractivity contribution in [2.45, 2.75) is 40.0 Å². The van der Waals surface area contributed by atoms with Crippen molar-refractivity contribution in [1.29, 1.82) is 0 Å². The van der Waals surface area contributed by atoms with Gasteiger partial charge in [-0.1, -0.05) is 12.1 Å². The molecule has 0 aliphatic heterocycles. The van der Waals surface area contributed by atoms with Gasteiger partial charge in [0.15, 0.2) is 5.96 Å². The molecule has 6 nitrogen and oxygen atoms in total. The van der Waals surface area contributed by atoms with Crippen LogP contribution in [0.15, 0.2) is 29.3 Å². The third kappa shape index (κ3) is 10.4. The van der Waals surface area contributed by atoms with Crippen molar-refractivity contribution in [1.82, 2.24) is 15.5 Å². The topological polar surface area (TPSA) is 66.0 Å². The van der Waals surface area contributed by atoms with Gasteiger partial charge in [0, 0.05) is 39.1 Å². The second-order valence-corrected chi connectivity index (χ2v) is 5.96. The second kappa shape index (κ2) is 15.5. The zero-order valence-electron chi connectivity index (χ0n) is 17.1. The first kappa shape index (κ1) is 25.5. The van der Waals surface area contributed by atoms with Crippen LogP contribution in [0.5, 0.6) is 5.75 Å². The first-order chi connectivity index (χ1) is 12.6. The summed E-state index contributed by atoms with van der Waals surface area (Å²) in [5, 5.41) is 6.47. The standard InChI is InChI=1S/C20H34N4O2.HI/c1-5-21-20(23-15-13-19(25)24(6-2)7-3)22-14-9-11-17-10-8-12-18(16-17)26-4;/h8,10,12,16H,5-7,9,11,13-15H2,1-4H3,(H2,21,22,23);1H. The number of carbonyl (C=O) groups is 1. The molecular formula is C20H35IN4O2. The Kier molecular flexibility index (Phi) is 14.7. The number of hydrogen-bond donors (Lipinski definition) is 2. The van der Waals surface area contributed by atoms with E-state index < -0.39 is 0 Å². The molecule has 1 aromatic rings. The lowest BCUT2D eigenvalue weighted by molar-refractivity contribution is -0.130. The van der Waals surface area contributed by atoms with Crippen LogP contribution in [0.2, 0.25) is 0 Å². The van der Waals surface area contributed by atoms with E-state index in [0.717, 1.165) is 50.7 Å². The zero-order valence-corrected chi connectivity index (χ0v) is 19.4. The van der Waals surface area contributed by atoms with Gasteiger partial charge in [-0.15, -0.1) is 24.0 Å². The molecule has 0 fully saturated rings. The first-order valence-corrected chi connectivity index (χ1v) is 9.57. The van der Waals surface area contributed by atoms with Crippen molar-refractivity contribution >= 4 is 35.8 Å². The summed E-state index contributed by atoms with van der Waals surface area (Å²) in [5.74, 6) is 1.83. The minimum atomic E-state index is 0. The molecule has 0 aromatic heterocycles. The second-order valence-electron chi connectivity index (χ2n) is 5.96. The molecule has 0 aliphatic carbocycles. The Labute approximate surface area is 181 Å². The summed E-state index contributed by atoms with van der Waals surface area (Å²) in [6, 6.07) is 8.13. The van der Waals surface area contributed by atoms with E-state index in [2.05, 4.69) is 27.8 Å². The Morgan fingerprint density at radius 2 is 1.93 bits per heavy atom. The molecule has 0 bridgehead atoms. The fraction of sp³-hybridized carbons (Fsp3) is 0.600. The Morgan fingerprint density at radius 1 is 1.19 bits per heavy atom. The summed E-state index contributed by atoms with van der Waals surface area (Å²) in [6.45, 7) is 9.68. The van der Waals surface area contributed by atoms with Crippen molar-refractivity contribution < 1.29 is 9.53 Å². The Hall–Kier alpha value is -1.51. The van der Waals surface area contributed by atoms with Gasteiger partial charge >= 0.3 is 0 Å². The number of amides is 1. The molecule has 2 N–H and O–H groups in total. The largest absolute Gasteiger partial charge is 0.497 e. The maximum absolute atomic E-state index is 12.0. The predicted octanol–water partition coefficient (Wildman–Crippen LogP) is 3.06. The average molecular weight is 490 g/mol. The number of ether oxygens (including phenoxy) is 1. The maximum atomic E-state index is 12.0. The molecule has 1 rings (SSSR count). The fourth-order valence-electron chi connectivity index (χ4n) is 2.67. The molecule has 1 amide bonds. The van der Waals surface area contributed by atoms with Crippen molar-refractivity contribution in [3.63, 3.8) is 0 Å². The molecule has 0 heterocycles. The van der Waals surface area contributed by atoms with Gasteiger partial charge in [-0.2, -0.15) is 0 Å². The van der Waals surface area contributed by atoms with Gasteiger partial charge in [-0.05, 0) is 51.3 Å². The van der Waals surface area contributed by atoms with Gasteiger partial charge in [0.05, 0.1) is 7.11 Å². The number of carbonyl (C=O) groups excluding carboxylic acids is 1. The van der Waals surface area contributed by atoms with E-state index in [9.17, 15) is 4.79 Å². The van der Waals surface area contributed by atoms with Crippen LogP contribution in [0, 0.1) is 0 Å². The van der Waals surface area contributed by atoms with E-state index in [4.69, 9.17) is 4.74 Å². The molecule has 0 aliphatic rings. The monoisotopic (exact) mass is 490 g/mol. The molecule has 7 heteroatoms. The molecule has 154 valence electrons. The third-order valence-corrected chi connectivity index (χ3v) is 4.12. The van der Waals surface area contributed by atoms with Gasteiger partial charge in [-0.3, -0.25) is 9.79 Å². The van der Waals surface area contributed by atoms with Gasteiger partial charge in [0.2, 0.25) is 5.91 Å². The van der Waals surface area contributed by atoms with Gasteiger partial charge in [0.25, 0.3) is 0 Å². The number of guanidine groups is 1. The van der Waals surface area contributed by atoms with Crippen LogP contribution < -0.4 is 15.4 Å². The number of hydrogen-bond acceptors (Lipinski definition) is 3. The predicted molar refractivity (Wildman–Crippen MR) is 123 cm³/mol. The number of nitrogens with zero attached hydrogens (tertiary/aromatic N) is 2. The highest BCUT2D eigenvalue weighted by molar-refractivity contribution is 14.0. The fourth-order valence-corrected chi connectivity index (χ4v) is 2.67. The highest BCUT2D eigenvalue weighted by Gasteiger charge is 2.09. The Morgan fingerprint density at radius 3 is 2.56 bits per heavy atom. The van der Waals surface area contributed by atoms with Crippen LogP contribution in [-0.2, 0) is 11.2 Å². The van der Waals surface area contributed by atoms with E-state index in [-0.39, 0.29) is 29.9 Å². The van der Waals surface area contributed by atoms with Crippen molar-refractivity contribution in [3.05, 3.63) is 29.8 Å². The van der Waals surface area contributed by atoms with Gasteiger partial charge in [0.1, 0.15) is 5.75 Å². The number of nitrogens with one attached hydrogen (secondary N) is 2. The summed E-state index contributed by atoms with van der Waals surface area (Å²) < 4.78 is 5.25. The SMILES string of the molecule is CCNC(=NCCCc1cccc(OC)c1)NCCC(=O)N(CC)CC.I. The third-order valence-electron chi connectivity index (χ3n) is 4.12. The van der Waals surface area contributed by atoms with Crippen LogP contribution >= 0.6 is 24.0 Å². The van der Waals surface area contributed by atoms with Gasteiger partial charge in [-0.25, -0.2) is 0 Å². The lowest BCUT2D eigenvalue weighted by atomic mass is 10.1. The van der Waals surface area contributed by atoms with E-state index in [1.165, 1.54) is 5.56 Å². The summed E-state index contributed by atoms with van der Waals surface area (Å²) in [5.41, 5.74) is 1.25. The molecule has 0 atom stereocenters. The zero-order chi connectivity index (χ0) is 19.2. The summed E-state index contributed by atoms with van der Waals surface area (Å²) in [6.07, 6.45) is 2.40. The van der Waals surface area contributed by atoms with E-state index >= 15 is 0 Å². The number of halogens is 1. The lowest BCUT2D eigenvalue weighted by Gasteiger charge is -2.19. The van der Waals surface area contributed by atoms with E-state index in [1.807, 2.05) is 37.8 Å². The molecule has 27 heavy (non-hydrogen) atoms. The number of methoxy groups -OCH3 is 1. The molecule has 0 unspecified atom stereocenters. The summed E-state index contributed by atoms with van der Waals surface area (Å²) in [7, 11) is 1.68. The molecule has 0 spiro atoms. The normalized spacial score (nSPS) is 10.7. The summed E-state index contributed by atoms with van der Waals surface area (Å²) in [4.78, 5) is 18.5. The van der Waals surface area contributed by atoms with Crippen LogP contribution in [-0.4, -0.2) is 56.6 Å².